The van der Waals surface area contributed by atoms with E-state index in [0.717, 1.165) is 28.4 Å². The Morgan fingerprint density at radius 1 is 0.233 bits per heavy atom. The van der Waals surface area contributed by atoms with Crippen molar-refractivity contribution in [3.05, 3.63) is 364 Å². The van der Waals surface area contributed by atoms with Crippen LogP contribution in [0.4, 0.5) is 34.1 Å². The number of fused-ring (bicyclic) bond motifs is 7. The van der Waals surface area contributed by atoms with Crippen LogP contribution in [0.15, 0.2) is 364 Å². The van der Waals surface area contributed by atoms with Crippen molar-refractivity contribution in [1.82, 2.24) is 4.57 Å². The van der Waals surface area contributed by atoms with Crippen LogP contribution in [0.1, 0.15) is 0 Å². The smallest absolute Gasteiger partial charge is 0.252 e. The number of benzene rings is 14. The summed E-state index contributed by atoms with van der Waals surface area (Å²) >= 11 is 0. The average Bonchev–Trinajstić information content (AvgIpc) is 0.767. The summed E-state index contributed by atoms with van der Waals surface area (Å²) in [5, 5.41) is 13.2. The summed E-state index contributed by atoms with van der Waals surface area (Å²) in [5.41, 5.74) is 16.5. The lowest BCUT2D eigenvalue weighted by molar-refractivity contribution is 1.16. The summed E-state index contributed by atoms with van der Waals surface area (Å²) < 4.78 is 2.51. The Balaban J connectivity index is 0.971. The van der Waals surface area contributed by atoms with Gasteiger partial charge in [0.25, 0.3) is 6.71 Å². The van der Waals surface area contributed by atoms with Crippen molar-refractivity contribution in [3.63, 3.8) is 0 Å². The molecule has 0 saturated heterocycles. The molecule has 1 aromatic heterocycles. The minimum absolute atomic E-state index is 0.138. The van der Waals surface area contributed by atoms with Crippen LogP contribution in [0.3, 0.4) is 0 Å². The lowest BCUT2D eigenvalue weighted by atomic mass is 9.32. The Morgan fingerprint density at radius 3 is 1.11 bits per heavy atom. The van der Waals surface area contributed by atoms with Crippen molar-refractivity contribution in [2.45, 2.75) is 0 Å². The third-order valence-corrected chi connectivity index (χ3v) is 28.8. The van der Waals surface area contributed by atoms with Crippen molar-refractivity contribution in [1.29, 1.82) is 0 Å². The number of aromatic nitrogens is 1. The predicted octanol–water partition coefficient (Wildman–Crippen LogP) is 13.3. The van der Waals surface area contributed by atoms with Crippen LogP contribution in [0.25, 0.3) is 38.6 Å². The molecular weight excluding hydrogens is 1120 g/mol. The molecule has 2 aliphatic rings. The molecular formula is C84H60BN3Si2. The van der Waals surface area contributed by atoms with E-state index in [-0.39, 0.29) is 6.71 Å². The zero-order chi connectivity index (χ0) is 59.6. The average molecular weight is 1180 g/mol. The first-order chi connectivity index (χ1) is 44.7. The highest BCUT2D eigenvalue weighted by Gasteiger charge is 2.47. The van der Waals surface area contributed by atoms with Crippen LogP contribution in [-0.4, -0.2) is 27.4 Å². The van der Waals surface area contributed by atoms with E-state index in [1.165, 1.54) is 102 Å². The molecule has 0 spiro atoms. The molecule has 422 valence electrons. The van der Waals surface area contributed by atoms with E-state index in [2.05, 4.69) is 378 Å². The molecule has 3 heterocycles. The molecule has 0 atom stereocenters. The minimum atomic E-state index is -3.00. The van der Waals surface area contributed by atoms with Gasteiger partial charge in [0.2, 0.25) is 0 Å². The molecule has 0 amide bonds. The first-order valence-electron chi connectivity index (χ1n) is 31.3. The maximum Gasteiger partial charge on any atom is 0.252 e. The van der Waals surface area contributed by atoms with Gasteiger partial charge in [-0.2, -0.15) is 0 Å². The van der Waals surface area contributed by atoms with Gasteiger partial charge in [0.05, 0.1) is 16.7 Å². The molecule has 6 heteroatoms. The highest BCUT2D eigenvalue weighted by molar-refractivity contribution is 7.20. The van der Waals surface area contributed by atoms with Gasteiger partial charge in [0, 0.05) is 44.9 Å². The molecule has 15 aromatic rings. The van der Waals surface area contributed by atoms with Crippen LogP contribution in [0.2, 0.25) is 0 Å². The summed E-state index contributed by atoms with van der Waals surface area (Å²) in [5.74, 6) is 0. The van der Waals surface area contributed by atoms with Crippen molar-refractivity contribution in [2.75, 3.05) is 9.80 Å². The fourth-order valence-corrected chi connectivity index (χ4v) is 25.1. The first-order valence-corrected chi connectivity index (χ1v) is 35.3. The maximum absolute atomic E-state index is 3.00. The molecule has 0 fully saturated rings. The van der Waals surface area contributed by atoms with E-state index in [4.69, 9.17) is 0 Å². The highest BCUT2D eigenvalue weighted by atomic mass is 28.3. The van der Waals surface area contributed by atoms with E-state index in [9.17, 15) is 0 Å². The van der Waals surface area contributed by atoms with Crippen molar-refractivity contribution < 1.29 is 0 Å². The summed E-state index contributed by atoms with van der Waals surface area (Å²) in [6.07, 6.45) is 0. The Labute approximate surface area is 528 Å². The monoisotopic (exact) mass is 1180 g/mol. The number of anilines is 6. The number of hydrogen-bond donors (Lipinski definition) is 0. The second kappa shape index (κ2) is 22.0. The van der Waals surface area contributed by atoms with Gasteiger partial charge in [0.1, 0.15) is 0 Å². The topological polar surface area (TPSA) is 11.4 Å². The zero-order valence-electron chi connectivity index (χ0n) is 49.6. The van der Waals surface area contributed by atoms with Crippen LogP contribution >= 0.6 is 0 Å². The van der Waals surface area contributed by atoms with Crippen LogP contribution in [0, 0.1) is 0 Å². The molecule has 17 rings (SSSR count). The summed E-state index contributed by atoms with van der Waals surface area (Å²) in [7, 11) is -5.86. The van der Waals surface area contributed by atoms with Crippen LogP contribution < -0.4 is 67.7 Å². The van der Waals surface area contributed by atoms with E-state index in [1.807, 2.05) is 0 Å². The number of nitrogens with zero attached hydrogens (tertiary/aromatic N) is 3. The lowest BCUT2D eigenvalue weighted by Gasteiger charge is -2.45. The Morgan fingerprint density at radius 2 is 0.611 bits per heavy atom. The molecule has 0 radical (unpaired) electrons. The molecule has 14 aromatic carbocycles. The Kier molecular flexibility index (Phi) is 13.0. The van der Waals surface area contributed by atoms with Gasteiger partial charge >= 0.3 is 0 Å². The highest BCUT2D eigenvalue weighted by Crippen LogP contribution is 2.47. The van der Waals surface area contributed by atoms with E-state index < -0.39 is 16.1 Å². The van der Waals surface area contributed by atoms with Crippen LogP contribution in [-0.2, 0) is 0 Å². The number of para-hydroxylation sites is 3. The van der Waals surface area contributed by atoms with E-state index >= 15 is 0 Å². The molecule has 90 heavy (non-hydrogen) atoms. The second-order valence-electron chi connectivity index (χ2n) is 23.8. The van der Waals surface area contributed by atoms with Gasteiger partial charge in [-0.05, 0) is 130 Å². The SMILES string of the molecule is c1ccc(-c2cccc3c2B2c4ccccc4N(c4ccc([Si](c5ccccc5)(c5ccccc5)c5ccccc5)cc4)c4cc(-n5c6ccccc6c6ccccc65)cc(c42)N3c2cccc([Si](c3ccccc3)(c3ccccc3)c3ccccc3)c2)cc1. The third kappa shape index (κ3) is 8.26. The quantitative estimate of drug-likeness (QED) is 0.0892. The van der Waals surface area contributed by atoms with Gasteiger partial charge in [-0.1, -0.05) is 303 Å². The van der Waals surface area contributed by atoms with E-state index in [0.29, 0.717) is 0 Å². The van der Waals surface area contributed by atoms with Crippen molar-refractivity contribution in [3.8, 4) is 16.8 Å². The first kappa shape index (κ1) is 53.2. The Hall–Kier alpha value is -11.0. The lowest BCUT2D eigenvalue weighted by Crippen LogP contribution is -2.74. The molecule has 0 N–H and O–H groups in total. The minimum Gasteiger partial charge on any atom is -0.311 e. The molecule has 0 saturated carbocycles. The van der Waals surface area contributed by atoms with Gasteiger partial charge in [-0.15, -0.1) is 0 Å². The number of rotatable bonds is 12. The van der Waals surface area contributed by atoms with Gasteiger partial charge in [-0.25, -0.2) is 0 Å². The fourth-order valence-electron chi connectivity index (χ4n) is 15.6. The van der Waals surface area contributed by atoms with Crippen LogP contribution in [0.5, 0.6) is 0 Å². The summed E-state index contributed by atoms with van der Waals surface area (Å²) in [6.45, 7) is -0.138. The van der Waals surface area contributed by atoms with Gasteiger partial charge < -0.3 is 14.4 Å². The Bertz CT molecular complexity index is 4880. The third-order valence-electron chi connectivity index (χ3n) is 19.3. The van der Waals surface area contributed by atoms with E-state index in [1.54, 1.807) is 0 Å². The normalized spacial score (nSPS) is 12.6. The number of hydrogen-bond acceptors (Lipinski definition) is 2. The molecule has 0 aliphatic carbocycles. The van der Waals surface area contributed by atoms with Gasteiger partial charge in [-0.3, -0.25) is 0 Å². The molecule has 0 bridgehead atoms. The predicted molar refractivity (Wildman–Crippen MR) is 387 cm³/mol. The summed E-state index contributed by atoms with van der Waals surface area (Å²) in [6, 6.07) is 137. The molecule has 0 unspecified atom stereocenters. The molecule has 2 aliphatic heterocycles. The standard InChI is InChI=1S/C84H60BN3Si2/c1-8-30-61(31-9-1)73-48-29-53-80-83(73)85-76-49-24-27-52-79(76)86(62-54-56-71(57-55-62)89(65-33-10-2-11-34-65,66-35-12-3-13-36-66)67-37-14-4-15-38-67)81-59-64(88-77-50-25-22-46-74(77)75-47-23-26-51-78(75)88)60-82(84(81)85)87(80)63-32-28-45-72(58-63)90(68-39-16-5-17-40-68,69-41-18-6-19-42-69)70-43-20-7-21-44-70/h1-60H. The second-order valence-corrected chi connectivity index (χ2v) is 31.4. The van der Waals surface area contributed by atoms with Gasteiger partial charge in [0.15, 0.2) is 16.1 Å². The largest absolute Gasteiger partial charge is 0.311 e. The van der Waals surface area contributed by atoms with Crippen molar-refractivity contribution in [2.24, 2.45) is 0 Å². The summed E-state index contributed by atoms with van der Waals surface area (Å²) in [4.78, 5) is 5.22. The fraction of sp³-hybridized carbons (Fsp3) is 0. The molecule has 3 nitrogen and oxygen atoms in total. The van der Waals surface area contributed by atoms with Crippen molar-refractivity contribution >= 4 is 137 Å². The maximum atomic E-state index is 2.63. The zero-order valence-corrected chi connectivity index (χ0v) is 51.6.